The number of methoxy groups -OCH3 is 1. The van der Waals surface area contributed by atoms with Gasteiger partial charge in [-0.25, -0.2) is 0 Å². The van der Waals surface area contributed by atoms with Gasteiger partial charge in [0.15, 0.2) is 0 Å². The van der Waals surface area contributed by atoms with Crippen LogP contribution in [-0.2, 0) is 35.8 Å². The molecular formula is C48H50ClN3O7. The van der Waals surface area contributed by atoms with Gasteiger partial charge in [-0.15, -0.1) is 0 Å². The predicted molar refractivity (Wildman–Crippen MR) is 228 cm³/mol. The Hall–Kier alpha value is -5.73. The minimum Gasteiger partial charge on any atom is -0.496 e. The number of aromatic nitrogens is 1. The van der Waals surface area contributed by atoms with Crippen molar-refractivity contribution in [1.82, 2.24) is 10.3 Å². The second-order valence-electron chi connectivity index (χ2n) is 15.6. The number of benzene rings is 4. The van der Waals surface area contributed by atoms with Gasteiger partial charge in [-0.1, -0.05) is 60.1 Å². The molecule has 4 aromatic carbocycles. The van der Waals surface area contributed by atoms with Gasteiger partial charge in [-0.05, 0) is 115 Å². The highest BCUT2D eigenvalue weighted by Crippen LogP contribution is 2.39. The summed E-state index contributed by atoms with van der Waals surface area (Å²) in [5.74, 6) is 1.31. The standard InChI is InChI=1S/C48H50ClN3O7/c1-30-38(28-59-46-21-45(58-27-34-17-33(22-50)24-51-25-34)36(19-43(46)49)15-16-48(3,29-53)47(55)56)7-5-9-41(30)42-10-6-8-40(31(42)2)35-12-13-37(44(20-35)57-4)26-52-23-32-11-14-39(54)18-32/h5-10,12-13,17,19-21,24-25,32,52-53H,11,14-16,18,23,26-29H2,1-4H3,(H,55,56)/t32?,48-/m0/s1. The van der Waals surface area contributed by atoms with Crippen LogP contribution in [0.5, 0.6) is 17.2 Å². The van der Waals surface area contributed by atoms with E-state index in [1.165, 1.54) is 13.1 Å². The molecular weight excluding hydrogens is 766 g/mol. The van der Waals surface area contributed by atoms with Crippen LogP contribution in [0.15, 0.2) is 85.2 Å². The molecule has 6 rings (SSSR count). The van der Waals surface area contributed by atoms with E-state index in [0.717, 1.165) is 63.2 Å². The molecule has 11 heteroatoms. The number of hydrogen-bond acceptors (Lipinski definition) is 9. The van der Waals surface area contributed by atoms with E-state index in [1.54, 1.807) is 31.5 Å². The van der Waals surface area contributed by atoms with Crippen LogP contribution in [0.1, 0.15) is 71.6 Å². The third kappa shape index (κ3) is 10.3. The summed E-state index contributed by atoms with van der Waals surface area (Å²) < 4.78 is 18.4. The molecule has 3 N–H and O–H groups in total. The normalized spacial score (nSPS) is 14.7. The number of carboxylic acids is 1. The van der Waals surface area contributed by atoms with Gasteiger partial charge in [0.1, 0.15) is 42.3 Å². The lowest BCUT2D eigenvalue weighted by molar-refractivity contribution is -0.150. The van der Waals surface area contributed by atoms with Crippen molar-refractivity contribution in [1.29, 1.82) is 5.26 Å². The van der Waals surface area contributed by atoms with Crippen molar-refractivity contribution in [2.24, 2.45) is 11.3 Å². The van der Waals surface area contributed by atoms with Gasteiger partial charge in [0.2, 0.25) is 0 Å². The summed E-state index contributed by atoms with van der Waals surface area (Å²) in [5.41, 5.74) is 8.94. The Kier molecular flexibility index (Phi) is 14.1. The van der Waals surface area contributed by atoms with Gasteiger partial charge in [0.25, 0.3) is 0 Å². The van der Waals surface area contributed by atoms with Gasteiger partial charge in [-0.3, -0.25) is 14.6 Å². The van der Waals surface area contributed by atoms with Gasteiger partial charge in [0.05, 0.1) is 29.7 Å². The molecule has 0 spiro atoms. The quantitative estimate of drug-likeness (QED) is 0.0781. The Morgan fingerprint density at radius 3 is 2.39 bits per heavy atom. The van der Waals surface area contributed by atoms with E-state index in [-0.39, 0.29) is 26.1 Å². The lowest BCUT2D eigenvalue weighted by atomic mass is 9.85. The van der Waals surface area contributed by atoms with Crippen molar-refractivity contribution < 1.29 is 34.0 Å². The van der Waals surface area contributed by atoms with Crippen molar-refractivity contribution in [3.05, 3.63) is 129 Å². The number of ketones is 1. The summed E-state index contributed by atoms with van der Waals surface area (Å²) in [4.78, 5) is 27.7. The van der Waals surface area contributed by atoms with Crippen LogP contribution < -0.4 is 19.5 Å². The molecule has 5 aromatic rings. The zero-order valence-corrected chi connectivity index (χ0v) is 34.7. The molecule has 1 aromatic heterocycles. The first kappa shape index (κ1) is 42.9. The molecule has 10 nitrogen and oxygen atoms in total. The fraction of sp³-hybridized carbons (Fsp3) is 0.333. The maximum absolute atomic E-state index is 11.9. The van der Waals surface area contributed by atoms with E-state index in [1.807, 2.05) is 12.1 Å². The summed E-state index contributed by atoms with van der Waals surface area (Å²) in [6, 6.07) is 26.0. The predicted octanol–water partition coefficient (Wildman–Crippen LogP) is 9.20. The van der Waals surface area contributed by atoms with Crippen LogP contribution in [-0.4, -0.2) is 47.2 Å². The maximum atomic E-state index is 11.9. The number of ether oxygens (including phenoxy) is 3. The van der Waals surface area contributed by atoms with Crippen LogP contribution in [0.4, 0.5) is 0 Å². The largest absolute Gasteiger partial charge is 0.496 e. The number of rotatable bonds is 18. The summed E-state index contributed by atoms with van der Waals surface area (Å²) >= 11 is 6.81. The van der Waals surface area contributed by atoms with E-state index < -0.39 is 18.0 Å². The topological polar surface area (TPSA) is 151 Å². The summed E-state index contributed by atoms with van der Waals surface area (Å²) in [7, 11) is 1.69. The number of pyridine rings is 1. The van der Waals surface area contributed by atoms with E-state index in [4.69, 9.17) is 25.8 Å². The van der Waals surface area contributed by atoms with Gasteiger partial charge in [-0.2, -0.15) is 5.26 Å². The highest BCUT2D eigenvalue weighted by atomic mass is 35.5. The highest BCUT2D eigenvalue weighted by molar-refractivity contribution is 6.32. The van der Waals surface area contributed by atoms with Crippen molar-refractivity contribution in [2.75, 3.05) is 20.3 Å². The molecule has 0 saturated heterocycles. The number of aliphatic carboxylic acids is 1. The molecule has 1 unspecified atom stereocenters. The Labute approximate surface area is 350 Å². The van der Waals surface area contributed by atoms with Crippen LogP contribution >= 0.6 is 11.6 Å². The average Bonchev–Trinajstić information content (AvgIpc) is 3.66. The third-order valence-electron chi connectivity index (χ3n) is 11.4. The first-order valence-electron chi connectivity index (χ1n) is 19.8. The number of hydrogen-bond donors (Lipinski definition) is 3. The number of carbonyl (C=O) groups is 2. The maximum Gasteiger partial charge on any atom is 0.311 e. The fourth-order valence-corrected chi connectivity index (χ4v) is 7.77. The number of carboxylic acid groups (broad SMARTS) is 1. The number of aliphatic hydroxyl groups is 1. The zero-order valence-electron chi connectivity index (χ0n) is 33.9. The first-order chi connectivity index (χ1) is 28.4. The van der Waals surface area contributed by atoms with Gasteiger partial charge < -0.3 is 29.7 Å². The third-order valence-corrected chi connectivity index (χ3v) is 11.7. The molecule has 59 heavy (non-hydrogen) atoms. The minimum absolute atomic E-state index is 0.102. The Morgan fingerprint density at radius 2 is 1.68 bits per heavy atom. The number of carbonyl (C=O) groups excluding carboxylic acids is 1. The second kappa shape index (κ2) is 19.3. The molecule has 0 bridgehead atoms. The molecule has 1 aliphatic carbocycles. The monoisotopic (exact) mass is 815 g/mol. The van der Waals surface area contributed by atoms with Crippen molar-refractivity contribution in [2.45, 2.75) is 72.6 Å². The number of nitrogens with one attached hydrogen (secondary N) is 1. The van der Waals surface area contributed by atoms with Crippen LogP contribution in [0.3, 0.4) is 0 Å². The molecule has 1 saturated carbocycles. The molecule has 0 radical (unpaired) electrons. The number of aryl methyl sites for hydroxylation is 1. The number of nitrogens with zero attached hydrogens (tertiary/aromatic N) is 2. The lowest BCUT2D eigenvalue weighted by Gasteiger charge is -2.23. The smallest absolute Gasteiger partial charge is 0.311 e. The van der Waals surface area contributed by atoms with E-state index in [9.17, 15) is 25.1 Å². The first-order valence-corrected chi connectivity index (χ1v) is 20.1. The van der Waals surface area contributed by atoms with E-state index in [2.05, 4.69) is 72.7 Å². The fourth-order valence-electron chi connectivity index (χ4n) is 7.53. The second-order valence-corrected chi connectivity index (χ2v) is 16.0. The summed E-state index contributed by atoms with van der Waals surface area (Å²) in [5, 5.41) is 32.8. The van der Waals surface area contributed by atoms with Crippen molar-refractivity contribution in [3.8, 4) is 45.6 Å². The Balaban J connectivity index is 1.21. The minimum atomic E-state index is -1.35. The molecule has 2 atom stereocenters. The number of Topliss-reactive ketones (excluding diaryl/α,β-unsaturated/α-hetero) is 1. The number of halogens is 1. The van der Waals surface area contributed by atoms with Gasteiger partial charge >= 0.3 is 5.97 Å². The summed E-state index contributed by atoms with van der Waals surface area (Å²) in [6.07, 6.45) is 5.81. The SMILES string of the molecule is COc1cc(-c2cccc(-c3cccc(COc4cc(OCc5cncc(C#N)c5)c(CC[C@@](C)(CO)C(=O)O)cc4Cl)c3C)c2C)ccc1CNCC1CCC(=O)C1. The molecule has 0 amide bonds. The summed E-state index contributed by atoms with van der Waals surface area (Å²) in [6.45, 7) is 6.99. The Morgan fingerprint density at radius 1 is 0.932 bits per heavy atom. The molecule has 0 aliphatic heterocycles. The van der Waals surface area contributed by atoms with Crippen molar-refractivity contribution >= 4 is 23.4 Å². The zero-order chi connectivity index (χ0) is 42.1. The number of nitriles is 1. The van der Waals surface area contributed by atoms with Crippen molar-refractivity contribution in [3.63, 3.8) is 0 Å². The average molecular weight is 816 g/mol. The lowest BCUT2D eigenvalue weighted by Crippen LogP contribution is -2.32. The van der Waals surface area contributed by atoms with Crippen LogP contribution in [0, 0.1) is 36.5 Å². The van der Waals surface area contributed by atoms with Crippen LogP contribution in [0.2, 0.25) is 5.02 Å². The molecule has 306 valence electrons. The highest BCUT2D eigenvalue weighted by Gasteiger charge is 2.32. The Bertz CT molecular complexity index is 2370. The molecule has 1 fully saturated rings. The number of aliphatic hydroxyl groups excluding tert-OH is 1. The molecule has 1 heterocycles. The van der Waals surface area contributed by atoms with Crippen LogP contribution in [0.25, 0.3) is 22.3 Å². The van der Waals surface area contributed by atoms with Gasteiger partial charge in [0, 0.05) is 49.0 Å². The molecule has 1 aliphatic rings. The van der Waals surface area contributed by atoms with E-state index >= 15 is 0 Å². The van der Waals surface area contributed by atoms with E-state index in [0.29, 0.717) is 64.3 Å².